The van der Waals surface area contributed by atoms with Crippen LogP contribution in [0, 0.1) is 13.8 Å². The normalized spacial score (nSPS) is 12.3. The first-order valence-electron chi connectivity index (χ1n) is 10.3. The Hall–Kier alpha value is -2.94. The van der Waals surface area contributed by atoms with E-state index >= 15 is 0 Å². The van der Waals surface area contributed by atoms with Crippen molar-refractivity contribution in [3.8, 4) is 0 Å². The van der Waals surface area contributed by atoms with Gasteiger partial charge in [-0.25, -0.2) is 0 Å². The van der Waals surface area contributed by atoms with Crippen LogP contribution in [0.5, 0.6) is 0 Å². The van der Waals surface area contributed by atoms with Crippen LogP contribution < -0.4 is 0 Å². The lowest BCUT2D eigenvalue weighted by molar-refractivity contribution is 1.51. The standard InChI is InChI=1S/C28H18S2/c1-15-3-5-17-11-22-24-14-27-23(13-26(24)29-25(22)12-19(17)10-15)21-8-6-18-9-16(2)4-7-20(18)28(21)30-27/h3-14H,1-2H3. The van der Waals surface area contributed by atoms with Crippen LogP contribution in [0.3, 0.4) is 0 Å². The zero-order valence-electron chi connectivity index (χ0n) is 16.7. The quantitative estimate of drug-likeness (QED) is 0.230. The van der Waals surface area contributed by atoms with Crippen LogP contribution in [0.1, 0.15) is 11.1 Å². The van der Waals surface area contributed by atoms with E-state index in [9.17, 15) is 0 Å². The van der Waals surface area contributed by atoms with Gasteiger partial charge in [0, 0.05) is 40.3 Å². The largest absolute Gasteiger partial charge is 0.135 e. The van der Waals surface area contributed by atoms with Crippen molar-refractivity contribution in [1.29, 1.82) is 0 Å². The van der Waals surface area contributed by atoms with Crippen molar-refractivity contribution in [3.63, 3.8) is 0 Å². The molecule has 5 aromatic carbocycles. The summed E-state index contributed by atoms with van der Waals surface area (Å²) < 4.78 is 5.55. The molecule has 0 N–H and O–H groups in total. The molecule has 0 unspecified atom stereocenters. The van der Waals surface area contributed by atoms with Gasteiger partial charge in [-0.05, 0) is 59.7 Å². The monoisotopic (exact) mass is 418 g/mol. The lowest BCUT2D eigenvalue weighted by Gasteiger charge is -2.01. The molecule has 0 bridgehead atoms. The number of aryl methyl sites for hydroxylation is 2. The maximum atomic E-state index is 2.42. The van der Waals surface area contributed by atoms with Gasteiger partial charge in [-0.2, -0.15) is 0 Å². The first-order valence-corrected chi connectivity index (χ1v) is 11.9. The van der Waals surface area contributed by atoms with Crippen molar-refractivity contribution >= 4 is 84.6 Å². The van der Waals surface area contributed by atoms with Crippen molar-refractivity contribution in [2.75, 3.05) is 0 Å². The van der Waals surface area contributed by atoms with Gasteiger partial charge in [-0.3, -0.25) is 0 Å². The molecule has 7 rings (SSSR count). The van der Waals surface area contributed by atoms with Gasteiger partial charge in [0.25, 0.3) is 0 Å². The molecule has 0 nitrogen and oxygen atoms in total. The summed E-state index contributed by atoms with van der Waals surface area (Å²) in [6.07, 6.45) is 0. The van der Waals surface area contributed by atoms with Crippen LogP contribution in [0.15, 0.2) is 72.8 Å². The van der Waals surface area contributed by atoms with Crippen molar-refractivity contribution in [2.24, 2.45) is 0 Å². The molecule has 0 aliphatic rings. The Bertz CT molecular complexity index is 1800. The highest BCUT2D eigenvalue weighted by Gasteiger charge is 2.13. The summed E-state index contributed by atoms with van der Waals surface area (Å²) in [5, 5.41) is 10.9. The van der Waals surface area contributed by atoms with E-state index in [1.54, 1.807) is 0 Å². The molecule has 0 radical (unpaired) electrons. The van der Waals surface area contributed by atoms with Crippen LogP contribution in [0.2, 0.25) is 0 Å². The molecular formula is C28H18S2. The molecule has 0 aliphatic carbocycles. The van der Waals surface area contributed by atoms with E-state index in [2.05, 4.69) is 86.6 Å². The second kappa shape index (κ2) is 5.81. The van der Waals surface area contributed by atoms with Crippen molar-refractivity contribution < 1.29 is 0 Å². The Morgan fingerprint density at radius 1 is 0.433 bits per heavy atom. The van der Waals surface area contributed by atoms with Crippen LogP contribution in [0.4, 0.5) is 0 Å². The fourth-order valence-corrected chi connectivity index (χ4v) is 7.23. The number of fused-ring (bicyclic) bond motifs is 9. The van der Waals surface area contributed by atoms with Gasteiger partial charge in [0.1, 0.15) is 0 Å². The first kappa shape index (κ1) is 16.8. The Kier molecular flexibility index (Phi) is 3.26. The first-order chi connectivity index (χ1) is 14.6. The van der Waals surface area contributed by atoms with Crippen molar-refractivity contribution in [1.82, 2.24) is 0 Å². The third-order valence-corrected chi connectivity index (χ3v) is 8.63. The predicted molar refractivity (Wildman–Crippen MR) is 137 cm³/mol. The maximum absolute atomic E-state index is 2.42. The van der Waals surface area contributed by atoms with E-state index in [0.717, 1.165) is 0 Å². The highest BCUT2D eigenvalue weighted by Crippen LogP contribution is 2.44. The third-order valence-electron chi connectivity index (χ3n) is 6.31. The zero-order valence-corrected chi connectivity index (χ0v) is 18.4. The fourth-order valence-electron chi connectivity index (χ4n) is 4.81. The molecule has 2 heterocycles. The Balaban J connectivity index is 1.59. The molecule has 2 aromatic heterocycles. The molecule has 0 amide bonds. The second-order valence-electron chi connectivity index (χ2n) is 8.41. The highest BCUT2D eigenvalue weighted by molar-refractivity contribution is 7.28. The van der Waals surface area contributed by atoms with E-state index in [4.69, 9.17) is 0 Å². The SMILES string of the molecule is Cc1ccc2cc3c(cc2c1)sc1cc2c(cc13)sc1c3ccc(C)cc3ccc21. The minimum absolute atomic E-state index is 1.32. The molecule has 0 atom stereocenters. The summed E-state index contributed by atoms with van der Waals surface area (Å²) in [5.41, 5.74) is 2.63. The fraction of sp³-hybridized carbons (Fsp3) is 0.0714. The van der Waals surface area contributed by atoms with Crippen LogP contribution in [-0.4, -0.2) is 0 Å². The highest BCUT2D eigenvalue weighted by atomic mass is 32.1. The van der Waals surface area contributed by atoms with Gasteiger partial charge in [0.2, 0.25) is 0 Å². The molecule has 7 aromatic rings. The number of hydrogen-bond donors (Lipinski definition) is 0. The Morgan fingerprint density at radius 3 is 1.90 bits per heavy atom. The van der Waals surface area contributed by atoms with Crippen LogP contribution >= 0.6 is 22.7 Å². The molecule has 142 valence electrons. The average molecular weight is 419 g/mol. The topological polar surface area (TPSA) is 0 Å². The Morgan fingerprint density at radius 2 is 1.03 bits per heavy atom. The summed E-state index contributed by atoms with van der Waals surface area (Å²) in [4.78, 5) is 0. The maximum Gasteiger partial charge on any atom is 0.0433 e. The number of benzene rings is 5. The summed E-state index contributed by atoms with van der Waals surface area (Å²) in [7, 11) is 0. The molecule has 2 heteroatoms. The number of thiophene rings is 2. The van der Waals surface area contributed by atoms with Gasteiger partial charge in [-0.15, -0.1) is 22.7 Å². The minimum atomic E-state index is 1.32. The minimum Gasteiger partial charge on any atom is -0.135 e. The molecule has 0 aliphatic heterocycles. The van der Waals surface area contributed by atoms with E-state index in [1.807, 2.05) is 22.7 Å². The Labute approximate surface area is 182 Å². The van der Waals surface area contributed by atoms with Crippen LogP contribution in [-0.2, 0) is 0 Å². The smallest absolute Gasteiger partial charge is 0.0433 e. The lowest BCUT2D eigenvalue weighted by atomic mass is 10.0. The molecule has 0 fully saturated rings. The van der Waals surface area contributed by atoms with Crippen LogP contribution in [0.25, 0.3) is 61.9 Å². The average Bonchev–Trinajstić information content (AvgIpc) is 3.27. The van der Waals surface area contributed by atoms with E-state index in [0.29, 0.717) is 0 Å². The van der Waals surface area contributed by atoms with Gasteiger partial charge in [0.15, 0.2) is 0 Å². The summed E-state index contributed by atoms with van der Waals surface area (Å²) >= 11 is 3.85. The summed E-state index contributed by atoms with van der Waals surface area (Å²) in [6, 6.07) is 27.7. The van der Waals surface area contributed by atoms with E-state index in [1.165, 1.54) is 73.0 Å². The molecular weight excluding hydrogens is 400 g/mol. The van der Waals surface area contributed by atoms with Gasteiger partial charge in [0.05, 0.1) is 0 Å². The van der Waals surface area contributed by atoms with E-state index < -0.39 is 0 Å². The number of rotatable bonds is 0. The third kappa shape index (κ3) is 2.26. The molecule has 0 saturated heterocycles. The number of hydrogen-bond acceptors (Lipinski definition) is 2. The lowest BCUT2D eigenvalue weighted by Crippen LogP contribution is -1.76. The predicted octanol–water partition coefficient (Wildman–Crippen LogP) is 9.35. The van der Waals surface area contributed by atoms with Crippen molar-refractivity contribution in [2.45, 2.75) is 13.8 Å². The zero-order chi connectivity index (χ0) is 20.0. The van der Waals surface area contributed by atoms with Crippen molar-refractivity contribution in [3.05, 3.63) is 83.9 Å². The molecule has 0 spiro atoms. The van der Waals surface area contributed by atoms with Gasteiger partial charge >= 0.3 is 0 Å². The van der Waals surface area contributed by atoms with Gasteiger partial charge < -0.3 is 0 Å². The molecule has 30 heavy (non-hydrogen) atoms. The molecule has 0 saturated carbocycles. The second-order valence-corrected chi connectivity index (χ2v) is 10.6. The van der Waals surface area contributed by atoms with Gasteiger partial charge in [-0.1, -0.05) is 59.7 Å². The summed E-state index contributed by atoms with van der Waals surface area (Å²) in [6.45, 7) is 4.33. The van der Waals surface area contributed by atoms with E-state index in [-0.39, 0.29) is 0 Å². The summed E-state index contributed by atoms with van der Waals surface area (Å²) in [5.74, 6) is 0.